The summed E-state index contributed by atoms with van der Waals surface area (Å²) in [5.41, 5.74) is 13.9. The minimum Gasteiger partial charge on any atom is -0.326 e. The molecule has 0 bridgehead atoms. The van der Waals surface area contributed by atoms with Gasteiger partial charge in [-0.15, -0.1) is 0 Å². The van der Waals surface area contributed by atoms with E-state index < -0.39 is 0 Å². The van der Waals surface area contributed by atoms with E-state index in [1.807, 2.05) is 0 Å². The van der Waals surface area contributed by atoms with Crippen LogP contribution in [0.15, 0.2) is 161 Å². The summed E-state index contributed by atoms with van der Waals surface area (Å²) >= 11 is 0. The highest BCUT2D eigenvalue weighted by Gasteiger charge is 2.47. The van der Waals surface area contributed by atoms with Gasteiger partial charge in [-0.05, 0) is 134 Å². The fourth-order valence-electron chi connectivity index (χ4n) is 12.1. The lowest BCUT2D eigenvalue weighted by Gasteiger charge is -2.34. The zero-order valence-corrected chi connectivity index (χ0v) is 35.7. The second kappa shape index (κ2) is 14.9. The zero-order valence-electron chi connectivity index (χ0n) is 35.7. The normalized spacial score (nSPS) is 29.8. The minimum absolute atomic E-state index is 0.116. The van der Waals surface area contributed by atoms with Crippen molar-refractivity contribution in [3.63, 3.8) is 0 Å². The molecule has 0 radical (unpaired) electrons. The van der Waals surface area contributed by atoms with Crippen molar-refractivity contribution in [1.82, 2.24) is 9.88 Å². The molecule has 2 heterocycles. The van der Waals surface area contributed by atoms with Gasteiger partial charge in [-0.1, -0.05) is 147 Å². The maximum atomic E-state index is 5.76. The molecule has 1 aliphatic heterocycles. The number of hydrogen-bond donors (Lipinski definition) is 1. The quantitative estimate of drug-likeness (QED) is 0.248. The summed E-state index contributed by atoms with van der Waals surface area (Å²) in [4.78, 5) is 5.76. The van der Waals surface area contributed by atoms with E-state index in [4.69, 9.17) is 4.99 Å². The molecule has 0 saturated carbocycles. The van der Waals surface area contributed by atoms with Crippen LogP contribution in [0.25, 0.3) is 33.9 Å². The van der Waals surface area contributed by atoms with Gasteiger partial charge in [-0.2, -0.15) is 0 Å². The first kappa shape index (κ1) is 37.6. The molecule has 0 saturated heterocycles. The highest BCUT2D eigenvalue weighted by molar-refractivity contribution is 6.04. The topological polar surface area (TPSA) is 29.3 Å². The van der Waals surface area contributed by atoms with Gasteiger partial charge in [-0.25, -0.2) is 0 Å². The van der Waals surface area contributed by atoms with E-state index in [0.29, 0.717) is 29.6 Å². The molecule has 0 spiro atoms. The van der Waals surface area contributed by atoms with E-state index in [1.165, 1.54) is 68.4 Å². The van der Waals surface area contributed by atoms with Crippen LogP contribution in [0.1, 0.15) is 107 Å². The first-order valence-corrected chi connectivity index (χ1v) is 23.0. The van der Waals surface area contributed by atoms with E-state index in [9.17, 15) is 0 Å². The molecule has 2 aromatic carbocycles. The van der Waals surface area contributed by atoms with Gasteiger partial charge in [0.05, 0.1) is 11.1 Å². The lowest BCUT2D eigenvalue weighted by Crippen LogP contribution is -2.35. The highest BCUT2D eigenvalue weighted by Crippen LogP contribution is 2.57. The average molecular weight is 786 g/mol. The molecule has 302 valence electrons. The molecule has 7 aliphatic carbocycles. The molecule has 6 atom stereocenters. The summed E-state index contributed by atoms with van der Waals surface area (Å²) in [6.07, 6.45) is 53.3. The van der Waals surface area contributed by atoms with Gasteiger partial charge >= 0.3 is 0 Å². The number of allylic oxidation sites excluding steroid dienone is 17. The highest BCUT2D eigenvalue weighted by atomic mass is 15.2. The second-order valence-corrected chi connectivity index (χ2v) is 19.4. The van der Waals surface area contributed by atoms with Crippen LogP contribution in [0.5, 0.6) is 0 Å². The van der Waals surface area contributed by atoms with Crippen LogP contribution in [0.4, 0.5) is 0 Å². The lowest BCUT2D eigenvalue weighted by atomic mass is 9.71. The van der Waals surface area contributed by atoms with Gasteiger partial charge in [-0.3, -0.25) is 9.56 Å². The predicted octanol–water partition coefficient (Wildman–Crippen LogP) is 14.0. The van der Waals surface area contributed by atoms with Crippen molar-refractivity contribution in [2.24, 2.45) is 28.7 Å². The van der Waals surface area contributed by atoms with Crippen LogP contribution >= 0.6 is 0 Å². The van der Waals surface area contributed by atoms with Crippen molar-refractivity contribution < 1.29 is 0 Å². The Morgan fingerprint density at radius 3 is 2.42 bits per heavy atom. The molecule has 1 aromatic heterocycles. The Labute approximate surface area is 357 Å². The molecule has 1 N–H and O–H groups in total. The molecular weight excluding hydrogens is 727 g/mol. The Bertz CT molecular complexity index is 2650. The van der Waals surface area contributed by atoms with Gasteiger partial charge in [0.1, 0.15) is 11.7 Å². The second-order valence-electron chi connectivity index (χ2n) is 19.4. The summed E-state index contributed by atoms with van der Waals surface area (Å²) in [7, 11) is 0. The number of fused-ring (bicyclic) bond motifs is 6. The maximum absolute atomic E-state index is 5.76. The smallest absolute Gasteiger partial charge is 0.130 e. The van der Waals surface area contributed by atoms with Crippen LogP contribution in [0.3, 0.4) is 0 Å². The molecule has 3 heteroatoms. The van der Waals surface area contributed by atoms with Crippen LogP contribution < -0.4 is 5.32 Å². The molecule has 3 nitrogen and oxygen atoms in total. The third kappa shape index (κ3) is 6.34. The van der Waals surface area contributed by atoms with Gasteiger partial charge < -0.3 is 5.32 Å². The van der Waals surface area contributed by atoms with E-state index >= 15 is 0 Å². The SMILES string of the molecule is CC1(C2C=CC(C3C=CC(C4C=CC=CC4)=CC3)=CC2)CC=C(n2c3c(c4ccc(-c5cccc6c5C(C)(C)C5CCC=CC65)cc42)C=CCC3)NC(C2=CC=CCC2)=N1. The average Bonchev–Trinajstić information content (AvgIpc) is 3.67. The molecule has 0 fully saturated rings. The standard InChI is InChI=1S/C57H59N3/c1-56(2)50-23-12-10-19-46(50)49-22-14-21-45(54(49)56)43-31-34-48-47-20-11-13-24-51(47)60(52(48)37-43)53-35-36-57(3,59-55(58-53)42-17-8-5-9-18-42)44-32-29-41(30-33-44)40-27-25-39(26-28-40)38-15-6-4-7-16-38/h4-8,10-11,14-15,17,19-22,25-27,29-32,34-35,37-38,40,44,46,50H,9,12-13,16,18,23-24,28,33,36H2,1-3H3,(H,58,59). The van der Waals surface area contributed by atoms with E-state index in [2.05, 4.69) is 176 Å². The van der Waals surface area contributed by atoms with Crippen molar-refractivity contribution in [1.29, 1.82) is 0 Å². The summed E-state index contributed by atoms with van der Waals surface area (Å²) in [6, 6.07) is 14.4. The van der Waals surface area contributed by atoms with Crippen LogP contribution in [-0.4, -0.2) is 15.9 Å². The van der Waals surface area contributed by atoms with Crippen molar-refractivity contribution in [3.05, 3.63) is 179 Å². The summed E-state index contributed by atoms with van der Waals surface area (Å²) in [5, 5.41) is 5.37. The van der Waals surface area contributed by atoms with Gasteiger partial charge in [0, 0.05) is 40.3 Å². The van der Waals surface area contributed by atoms with Gasteiger partial charge in [0.25, 0.3) is 0 Å². The van der Waals surface area contributed by atoms with Gasteiger partial charge in [0.15, 0.2) is 0 Å². The van der Waals surface area contributed by atoms with Crippen LogP contribution in [0.2, 0.25) is 0 Å². The van der Waals surface area contributed by atoms with Crippen LogP contribution in [-0.2, 0) is 11.8 Å². The molecular formula is C57H59N3. The van der Waals surface area contributed by atoms with E-state index in [0.717, 1.165) is 63.0 Å². The largest absolute Gasteiger partial charge is 0.326 e. The summed E-state index contributed by atoms with van der Waals surface area (Å²) in [6.45, 7) is 7.41. The third-order valence-corrected chi connectivity index (χ3v) is 15.5. The Kier molecular flexibility index (Phi) is 9.36. The molecule has 11 rings (SSSR count). The summed E-state index contributed by atoms with van der Waals surface area (Å²) in [5.74, 6) is 4.61. The molecule has 60 heavy (non-hydrogen) atoms. The number of nitrogens with zero attached hydrogens (tertiary/aromatic N) is 2. The van der Waals surface area contributed by atoms with Crippen molar-refractivity contribution in [3.8, 4) is 11.1 Å². The minimum atomic E-state index is -0.295. The molecule has 3 aromatic rings. The number of hydrogen-bond acceptors (Lipinski definition) is 2. The number of nitrogens with one attached hydrogen (secondary N) is 1. The number of aromatic nitrogens is 1. The number of benzene rings is 2. The van der Waals surface area contributed by atoms with Crippen molar-refractivity contribution >= 4 is 28.6 Å². The van der Waals surface area contributed by atoms with Gasteiger partial charge in [0.2, 0.25) is 0 Å². The third-order valence-electron chi connectivity index (χ3n) is 15.5. The number of aliphatic imine (C=N–C) groups is 1. The van der Waals surface area contributed by atoms with Crippen LogP contribution in [0, 0.1) is 23.7 Å². The zero-order chi connectivity index (χ0) is 40.4. The Balaban J connectivity index is 0.951. The monoisotopic (exact) mass is 785 g/mol. The Morgan fingerprint density at radius 2 is 1.62 bits per heavy atom. The number of rotatable bonds is 6. The fraction of sp³-hybridized carbons (Fsp3) is 0.351. The molecule has 8 aliphatic rings. The Morgan fingerprint density at radius 1 is 0.750 bits per heavy atom. The predicted molar refractivity (Wildman–Crippen MR) is 254 cm³/mol. The fourth-order valence-corrected chi connectivity index (χ4v) is 12.1. The maximum Gasteiger partial charge on any atom is 0.130 e. The molecule has 0 amide bonds. The van der Waals surface area contributed by atoms with Crippen molar-refractivity contribution in [2.45, 2.75) is 102 Å². The van der Waals surface area contributed by atoms with E-state index in [1.54, 1.807) is 5.56 Å². The summed E-state index contributed by atoms with van der Waals surface area (Å²) < 4.78 is 2.58. The first-order valence-electron chi connectivity index (χ1n) is 23.0. The molecule has 6 unspecified atom stereocenters. The first-order chi connectivity index (χ1) is 29.4. The Hall–Kier alpha value is -5.41. The number of amidine groups is 1. The van der Waals surface area contributed by atoms with Crippen molar-refractivity contribution in [2.75, 3.05) is 0 Å². The van der Waals surface area contributed by atoms with E-state index in [-0.39, 0.29) is 11.0 Å². The lowest BCUT2D eigenvalue weighted by molar-refractivity contribution is 0.301.